The fourth-order valence-corrected chi connectivity index (χ4v) is 2.36. The van der Waals surface area contributed by atoms with Crippen LogP contribution in [0.2, 0.25) is 5.15 Å². The van der Waals surface area contributed by atoms with Crippen LogP contribution in [0.15, 0.2) is 54.9 Å². The molecule has 21 heavy (non-hydrogen) atoms. The molecule has 0 fully saturated rings. The first kappa shape index (κ1) is 13.5. The van der Waals surface area contributed by atoms with Crippen molar-refractivity contribution in [2.24, 2.45) is 0 Å². The van der Waals surface area contributed by atoms with E-state index in [2.05, 4.69) is 15.3 Å². The number of rotatable bonds is 3. The molecule has 0 aliphatic rings. The molecule has 3 aromatic rings. The number of halogens is 1. The van der Waals surface area contributed by atoms with E-state index in [1.54, 1.807) is 0 Å². The van der Waals surface area contributed by atoms with Crippen LogP contribution < -0.4 is 5.32 Å². The zero-order valence-corrected chi connectivity index (χ0v) is 11.8. The van der Waals surface area contributed by atoms with Crippen LogP contribution in [-0.4, -0.2) is 15.9 Å². The number of carbonyl (C=O) groups excluding carboxylic acids is 1. The van der Waals surface area contributed by atoms with Gasteiger partial charge in [0.2, 0.25) is 5.91 Å². The lowest BCUT2D eigenvalue weighted by molar-refractivity contribution is -0.115. The molecule has 4 nitrogen and oxygen atoms in total. The van der Waals surface area contributed by atoms with Crippen molar-refractivity contribution >= 4 is 34.1 Å². The average Bonchev–Trinajstić information content (AvgIpc) is 2.47. The first-order valence-corrected chi connectivity index (χ1v) is 6.84. The van der Waals surface area contributed by atoms with Gasteiger partial charge in [-0.05, 0) is 16.3 Å². The summed E-state index contributed by atoms with van der Waals surface area (Å²) in [4.78, 5) is 20.0. The summed E-state index contributed by atoms with van der Waals surface area (Å²) in [5, 5.41) is 5.14. The van der Waals surface area contributed by atoms with Crippen molar-refractivity contribution in [1.82, 2.24) is 9.97 Å². The van der Waals surface area contributed by atoms with Crippen molar-refractivity contribution < 1.29 is 4.79 Å². The summed E-state index contributed by atoms with van der Waals surface area (Å²) in [5.74, 6) is 0.204. The predicted molar refractivity (Wildman–Crippen MR) is 83.3 cm³/mol. The maximum absolute atomic E-state index is 12.1. The van der Waals surface area contributed by atoms with E-state index in [9.17, 15) is 4.79 Å². The third kappa shape index (κ3) is 3.17. The highest BCUT2D eigenvalue weighted by atomic mass is 35.5. The molecule has 1 N–H and O–H groups in total. The Labute approximate surface area is 126 Å². The Balaban J connectivity index is 1.80. The van der Waals surface area contributed by atoms with Crippen molar-refractivity contribution in [2.45, 2.75) is 6.42 Å². The normalized spacial score (nSPS) is 10.5. The highest BCUT2D eigenvalue weighted by molar-refractivity contribution is 6.29. The number of benzene rings is 2. The molecule has 104 valence electrons. The molecule has 3 rings (SSSR count). The van der Waals surface area contributed by atoms with Gasteiger partial charge < -0.3 is 5.32 Å². The van der Waals surface area contributed by atoms with Crippen LogP contribution in [0.3, 0.4) is 0 Å². The largest absolute Gasteiger partial charge is 0.309 e. The van der Waals surface area contributed by atoms with E-state index in [0.29, 0.717) is 5.82 Å². The molecule has 5 heteroatoms. The molecular weight excluding hydrogens is 286 g/mol. The number of nitrogens with zero attached hydrogens (tertiary/aromatic N) is 2. The van der Waals surface area contributed by atoms with Crippen LogP contribution in [0, 0.1) is 0 Å². The maximum atomic E-state index is 12.1. The minimum Gasteiger partial charge on any atom is -0.309 e. The molecular formula is C16H12ClN3O. The fraction of sp³-hybridized carbons (Fsp3) is 0.0625. The van der Waals surface area contributed by atoms with Gasteiger partial charge in [0.15, 0.2) is 5.82 Å². The van der Waals surface area contributed by atoms with Crippen molar-refractivity contribution in [2.75, 3.05) is 5.32 Å². The quantitative estimate of drug-likeness (QED) is 0.805. The van der Waals surface area contributed by atoms with E-state index < -0.39 is 0 Å². The second kappa shape index (κ2) is 5.89. The van der Waals surface area contributed by atoms with E-state index in [4.69, 9.17) is 11.6 Å². The predicted octanol–water partition coefficient (Wildman–Crippen LogP) is 3.46. The van der Waals surface area contributed by atoms with E-state index in [-0.39, 0.29) is 17.5 Å². The van der Waals surface area contributed by atoms with Gasteiger partial charge >= 0.3 is 0 Å². The van der Waals surface area contributed by atoms with Gasteiger partial charge in [-0.25, -0.2) is 4.98 Å². The molecule has 0 saturated heterocycles. The molecule has 1 amide bonds. The highest BCUT2D eigenvalue weighted by Crippen LogP contribution is 2.19. The fourth-order valence-electron chi connectivity index (χ4n) is 2.21. The zero-order valence-electron chi connectivity index (χ0n) is 11.1. The summed E-state index contributed by atoms with van der Waals surface area (Å²) in [5.41, 5.74) is 0.973. The van der Waals surface area contributed by atoms with E-state index >= 15 is 0 Å². The minimum atomic E-state index is -0.150. The standard InChI is InChI=1S/C16H12ClN3O/c17-14-9-18-10-15(19-14)20-16(21)8-12-6-3-5-11-4-1-2-7-13(11)12/h1-7,9-10H,8H2,(H,19,20,21). The summed E-state index contributed by atoms with van der Waals surface area (Å²) in [6.45, 7) is 0. The first-order chi connectivity index (χ1) is 10.2. The molecule has 0 aliphatic carbocycles. The Morgan fingerprint density at radius 3 is 2.76 bits per heavy atom. The number of amides is 1. The molecule has 0 spiro atoms. The number of fused-ring (bicyclic) bond motifs is 1. The highest BCUT2D eigenvalue weighted by Gasteiger charge is 2.08. The van der Waals surface area contributed by atoms with Crippen LogP contribution >= 0.6 is 11.6 Å². The summed E-state index contributed by atoms with van der Waals surface area (Å²) in [6.07, 6.45) is 3.16. The van der Waals surface area contributed by atoms with Crippen molar-refractivity contribution in [3.05, 3.63) is 65.6 Å². The summed E-state index contributed by atoms with van der Waals surface area (Å²) < 4.78 is 0. The van der Waals surface area contributed by atoms with Gasteiger partial charge in [0.05, 0.1) is 18.8 Å². The van der Waals surface area contributed by atoms with E-state index in [1.807, 2.05) is 42.5 Å². The third-order valence-corrected chi connectivity index (χ3v) is 3.29. The Morgan fingerprint density at radius 2 is 1.90 bits per heavy atom. The SMILES string of the molecule is O=C(Cc1cccc2ccccc12)Nc1cncc(Cl)n1. The van der Waals surface area contributed by atoms with Crippen LogP contribution in [-0.2, 0) is 11.2 Å². The Bertz CT molecular complexity index is 799. The summed E-state index contributed by atoms with van der Waals surface area (Å²) in [6, 6.07) is 13.9. The lowest BCUT2D eigenvalue weighted by atomic mass is 10.0. The van der Waals surface area contributed by atoms with Gasteiger partial charge in [-0.2, -0.15) is 0 Å². The van der Waals surface area contributed by atoms with Gasteiger partial charge in [0.25, 0.3) is 0 Å². The van der Waals surface area contributed by atoms with E-state index in [1.165, 1.54) is 12.4 Å². The summed E-state index contributed by atoms with van der Waals surface area (Å²) >= 11 is 5.74. The van der Waals surface area contributed by atoms with E-state index in [0.717, 1.165) is 16.3 Å². The minimum absolute atomic E-state index is 0.150. The van der Waals surface area contributed by atoms with Crippen LogP contribution in [0.25, 0.3) is 10.8 Å². The van der Waals surface area contributed by atoms with Crippen LogP contribution in [0.5, 0.6) is 0 Å². The smallest absolute Gasteiger partial charge is 0.230 e. The Morgan fingerprint density at radius 1 is 1.10 bits per heavy atom. The zero-order chi connectivity index (χ0) is 14.7. The molecule has 0 unspecified atom stereocenters. The van der Waals surface area contributed by atoms with Crippen LogP contribution in [0.4, 0.5) is 5.82 Å². The molecule has 0 atom stereocenters. The third-order valence-electron chi connectivity index (χ3n) is 3.10. The lowest BCUT2D eigenvalue weighted by Crippen LogP contribution is -2.15. The van der Waals surface area contributed by atoms with Gasteiger partial charge in [-0.15, -0.1) is 0 Å². The average molecular weight is 298 g/mol. The number of carbonyl (C=O) groups is 1. The molecule has 2 aromatic carbocycles. The number of aromatic nitrogens is 2. The second-order valence-corrected chi connectivity index (χ2v) is 4.98. The van der Waals surface area contributed by atoms with Gasteiger partial charge in [0, 0.05) is 0 Å². The molecule has 1 heterocycles. The van der Waals surface area contributed by atoms with Crippen molar-refractivity contribution in [3.63, 3.8) is 0 Å². The van der Waals surface area contributed by atoms with Gasteiger partial charge in [-0.1, -0.05) is 54.1 Å². The molecule has 0 radical (unpaired) electrons. The number of nitrogens with one attached hydrogen (secondary N) is 1. The number of anilines is 1. The first-order valence-electron chi connectivity index (χ1n) is 6.46. The monoisotopic (exact) mass is 297 g/mol. The van der Waals surface area contributed by atoms with Crippen molar-refractivity contribution in [3.8, 4) is 0 Å². The summed E-state index contributed by atoms with van der Waals surface area (Å²) in [7, 11) is 0. The van der Waals surface area contributed by atoms with Gasteiger partial charge in [-0.3, -0.25) is 9.78 Å². The van der Waals surface area contributed by atoms with Crippen molar-refractivity contribution in [1.29, 1.82) is 0 Å². The Kier molecular flexibility index (Phi) is 3.79. The maximum Gasteiger partial charge on any atom is 0.230 e. The topological polar surface area (TPSA) is 54.9 Å². The second-order valence-electron chi connectivity index (χ2n) is 4.59. The Hall–Kier alpha value is -2.46. The molecule has 0 bridgehead atoms. The molecule has 0 saturated carbocycles. The lowest BCUT2D eigenvalue weighted by Gasteiger charge is -2.07. The molecule has 0 aliphatic heterocycles. The van der Waals surface area contributed by atoms with Gasteiger partial charge in [0.1, 0.15) is 5.15 Å². The molecule has 1 aromatic heterocycles. The number of hydrogen-bond acceptors (Lipinski definition) is 3. The van der Waals surface area contributed by atoms with Crippen LogP contribution in [0.1, 0.15) is 5.56 Å². The number of hydrogen-bond donors (Lipinski definition) is 1.